The minimum Gasteiger partial charge on any atom is -0.459 e. The Morgan fingerprint density at radius 1 is 0.494 bits per heavy atom. The van der Waals surface area contributed by atoms with Crippen LogP contribution in [-0.4, -0.2) is 97.6 Å². The molecule has 0 aromatic heterocycles. The average Bonchev–Trinajstić information content (AvgIpc) is 3.27. The second-order valence-corrected chi connectivity index (χ2v) is 22.7. The molecule has 15 heteroatoms. The van der Waals surface area contributed by atoms with Gasteiger partial charge in [0, 0.05) is 19.8 Å². The van der Waals surface area contributed by atoms with Gasteiger partial charge in [-0.15, -0.1) is 0 Å². The average molecular weight is 1180 g/mol. The van der Waals surface area contributed by atoms with Gasteiger partial charge in [0.15, 0.2) is 24.6 Å². The quantitative estimate of drug-likeness (QED) is 0.0243. The van der Waals surface area contributed by atoms with Crippen molar-refractivity contribution in [2.45, 2.75) is 263 Å². The van der Waals surface area contributed by atoms with Crippen molar-refractivity contribution < 1.29 is 66.7 Å². The number of rotatable bonds is 46. The number of ketones is 1. The second-order valence-electron chi connectivity index (χ2n) is 22.7. The smallest absolute Gasteiger partial charge is 0.338 e. The minimum absolute atomic E-state index is 0.112. The molecule has 0 saturated carbocycles. The Bertz CT molecular complexity index is 2360. The molecule has 1 aliphatic rings. The lowest BCUT2D eigenvalue weighted by atomic mass is 9.97. The molecule has 0 radical (unpaired) electrons. The molecule has 1 fully saturated rings. The van der Waals surface area contributed by atoms with E-state index in [-0.39, 0.29) is 47.6 Å². The normalized spacial score (nSPS) is 17.3. The van der Waals surface area contributed by atoms with E-state index in [1.807, 2.05) is 6.08 Å². The van der Waals surface area contributed by atoms with Crippen LogP contribution in [0.5, 0.6) is 0 Å². The van der Waals surface area contributed by atoms with Crippen LogP contribution in [0.4, 0.5) is 0 Å². The lowest BCUT2D eigenvalue weighted by molar-refractivity contribution is -0.303. The zero-order valence-corrected chi connectivity index (χ0v) is 51.7. The van der Waals surface area contributed by atoms with Crippen LogP contribution >= 0.6 is 0 Å². The zero-order chi connectivity index (χ0) is 61.1. The molecule has 4 rings (SSSR count). The van der Waals surface area contributed by atoms with Crippen LogP contribution in [0.15, 0.2) is 103 Å². The summed E-state index contributed by atoms with van der Waals surface area (Å²) >= 11 is 0. The highest BCUT2D eigenvalue weighted by molar-refractivity contribution is 5.91. The standard InChI is InChI=1S/C70H101NO14/c1-5-7-9-11-13-15-17-19-20-22-24-26-28-30-41-49-62(74)71-59(60(81-55(4)73)48-40-29-27-25-23-21-18-16-14-12-10-8-6-2)52-80-70-66(85-69(78)58-46-38-33-39-47-58)65(83-63(75)51-50-54(3)72)64(84-68(77)57-44-36-32-37-45-57)61(82-70)53-79-67(76)56-42-34-31-35-43-56/h31-40,42-48,59-61,64-66,70H,5-30,41,49-53H2,1-4H3,(H,71,74)/b48-40+/t59-,60+,61+,64-,65-,66+,70+/m0/s1. The zero-order valence-electron chi connectivity index (χ0n) is 51.7. The molecule has 1 amide bonds. The third-order valence-corrected chi connectivity index (χ3v) is 15.2. The van der Waals surface area contributed by atoms with Gasteiger partial charge in [-0.25, -0.2) is 14.4 Å². The van der Waals surface area contributed by atoms with Gasteiger partial charge in [-0.05, 0) is 68.7 Å². The third-order valence-electron chi connectivity index (χ3n) is 15.2. The molecule has 7 atom stereocenters. The van der Waals surface area contributed by atoms with Gasteiger partial charge in [0.2, 0.25) is 5.91 Å². The first-order chi connectivity index (χ1) is 41.4. The minimum atomic E-state index is -1.70. The molecule has 1 saturated heterocycles. The van der Waals surface area contributed by atoms with Gasteiger partial charge in [0.25, 0.3) is 0 Å². The molecule has 1 N–H and O–H groups in total. The van der Waals surface area contributed by atoms with Crippen LogP contribution in [0, 0.1) is 0 Å². The Balaban J connectivity index is 1.62. The molecule has 0 unspecified atom stereocenters. The molecule has 3 aromatic rings. The van der Waals surface area contributed by atoms with Crippen molar-refractivity contribution in [1.29, 1.82) is 0 Å². The topological polar surface area (TPSA) is 196 Å². The number of unbranched alkanes of at least 4 members (excludes halogenated alkanes) is 25. The van der Waals surface area contributed by atoms with Crippen molar-refractivity contribution in [1.82, 2.24) is 5.32 Å². The summed E-state index contributed by atoms with van der Waals surface area (Å²) in [5.74, 6) is -4.59. The molecular weight excluding hydrogens is 1080 g/mol. The number of carbonyl (C=O) groups excluding carboxylic acids is 7. The van der Waals surface area contributed by atoms with Crippen molar-refractivity contribution in [3.05, 3.63) is 120 Å². The molecule has 470 valence electrons. The van der Waals surface area contributed by atoms with E-state index in [2.05, 4.69) is 19.2 Å². The molecule has 0 bridgehead atoms. The Hall–Kier alpha value is -6.19. The Kier molecular flexibility index (Phi) is 37.1. The van der Waals surface area contributed by atoms with Gasteiger partial charge < -0.3 is 43.3 Å². The fraction of sp³-hybridized carbons (Fsp3) is 0.614. The Morgan fingerprint density at radius 3 is 1.39 bits per heavy atom. The predicted molar refractivity (Wildman–Crippen MR) is 330 cm³/mol. The first kappa shape index (κ1) is 71.3. The molecule has 1 heterocycles. The number of Topliss-reactive ketones (excluding diaryl/α,β-unsaturated/α-hetero) is 1. The number of benzene rings is 3. The van der Waals surface area contributed by atoms with Crippen LogP contribution in [0.25, 0.3) is 0 Å². The summed E-state index contributed by atoms with van der Waals surface area (Å²) in [6.07, 6.45) is 25.7. The summed E-state index contributed by atoms with van der Waals surface area (Å²) in [6.45, 7) is 6.09. The molecule has 15 nitrogen and oxygen atoms in total. The van der Waals surface area contributed by atoms with E-state index in [1.54, 1.807) is 72.8 Å². The number of amides is 1. The van der Waals surface area contributed by atoms with Crippen molar-refractivity contribution in [3.8, 4) is 0 Å². The summed E-state index contributed by atoms with van der Waals surface area (Å²) in [7, 11) is 0. The molecule has 3 aromatic carbocycles. The van der Waals surface area contributed by atoms with Crippen LogP contribution in [0.1, 0.15) is 251 Å². The number of esters is 5. The maximum Gasteiger partial charge on any atom is 0.338 e. The number of nitrogens with one attached hydrogen (secondary N) is 1. The summed E-state index contributed by atoms with van der Waals surface area (Å²) < 4.78 is 43.4. The Labute approximate surface area is 507 Å². The number of hydrogen-bond donors (Lipinski definition) is 1. The van der Waals surface area contributed by atoms with E-state index < -0.39 is 85.9 Å². The SMILES string of the molecule is CCCCCCCCCCCCC/C=C/[C@@H](OC(C)=O)[C@H](CO[C@@H]1O[C@H](COC(=O)c2ccccc2)[C@H](OC(=O)c2ccccc2)[C@H](OC(=O)CCC(C)=O)[C@H]1OC(=O)c1ccccc1)NC(=O)CCCCCCCCCCCCCCCCC. The van der Waals surface area contributed by atoms with Gasteiger partial charge in [-0.2, -0.15) is 0 Å². The highest BCUT2D eigenvalue weighted by Crippen LogP contribution is 2.32. The first-order valence-corrected chi connectivity index (χ1v) is 32.2. The van der Waals surface area contributed by atoms with Crippen LogP contribution in [-0.2, 0) is 52.3 Å². The van der Waals surface area contributed by atoms with Crippen molar-refractivity contribution in [2.75, 3.05) is 13.2 Å². The predicted octanol–water partition coefficient (Wildman–Crippen LogP) is 15.3. The molecule has 0 spiro atoms. The van der Waals surface area contributed by atoms with Crippen LogP contribution in [0.3, 0.4) is 0 Å². The Morgan fingerprint density at radius 2 is 0.929 bits per heavy atom. The summed E-state index contributed by atoms with van der Waals surface area (Å²) in [4.78, 5) is 94.7. The van der Waals surface area contributed by atoms with Gasteiger partial charge in [0.05, 0.1) is 35.8 Å². The summed E-state index contributed by atoms with van der Waals surface area (Å²) in [5.41, 5.74) is 0.444. The van der Waals surface area contributed by atoms with Crippen molar-refractivity contribution in [2.24, 2.45) is 0 Å². The van der Waals surface area contributed by atoms with Gasteiger partial charge in [-0.1, -0.05) is 229 Å². The fourth-order valence-corrected chi connectivity index (χ4v) is 10.3. The number of allylic oxidation sites excluding steroid dienone is 1. The lowest BCUT2D eigenvalue weighted by Crippen LogP contribution is -2.63. The number of carbonyl (C=O) groups is 7. The van der Waals surface area contributed by atoms with Crippen LogP contribution in [0.2, 0.25) is 0 Å². The number of ether oxygens (including phenoxy) is 7. The molecule has 0 aliphatic carbocycles. The lowest BCUT2D eigenvalue weighted by Gasteiger charge is -2.44. The second kappa shape index (κ2) is 44.3. The fourth-order valence-electron chi connectivity index (χ4n) is 10.3. The maximum atomic E-state index is 14.2. The number of hydrogen-bond acceptors (Lipinski definition) is 14. The first-order valence-electron chi connectivity index (χ1n) is 32.2. The van der Waals surface area contributed by atoms with E-state index in [0.717, 1.165) is 44.9 Å². The van der Waals surface area contributed by atoms with E-state index in [4.69, 9.17) is 33.2 Å². The molecular formula is C70H101NO14. The highest BCUT2D eigenvalue weighted by atomic mass is 16.7. The van der Waals surface area contributed by atoms with Gasteiger partial charge in [-0.3, -0.25) is 14.4 Å². The molecule has 1 aliphatic heterocycles. The highest BCUT2D eigenvalue weighted by Gasteiger charge is 2.54. The van der Waals surface area contributed by atoms with Crippen LogP contribution < -0.4 is 5.32 Å². The summed E-state index contributed by atoms with van der Waals surface area (Å²) in [5, 5.41) is 3.07. The van der Waals surface area contributed by atoms with Gasteiger partial charge >= 0.3 is 29.8 Å². The monoisotopic (exact) mass is 1180 g/mol. The van der Waals surface area contributed by atoms with E-state index in [9.17, 15) is 33.6 Å². The largest absolute Gasteiger partial charge is 0.459 e. The van der Waals surface area contributed by atoms with E-state index in [0.29, 0.717) is 12.8 Å². The van der Waals surface area contributed by atoms with Crippen molar-refractivity contribution >= 4 is 41.5 Å². The van der Waals surface area contributed by atoms with E-state index >= 15 is 0 Å². The van der Waals surface area contributed by atoms with Gasteiger partial charge in [0.1, 0.15) is 24.6 Å². The van der Waals surface area contributed by atoms with Crippen molar-refractivity contribution in [3.63, 3.8) is 0 Å². The third kappa shape index (κ3) is 30.6. The summed E-state index contributed by atoms with van der Waals surface area (Å²) in [6, 6.07) is 23.2. The molecule has 85 heavy (non-hydrogen) atoms. The van der Waals surface area contributed by atoms with E-state index in [1.165, 1.54) is 154 Å². The maximum absolute atomic E-state index is 14.2.